The minimum atomic E-state index is -0.410. The van der Waals surface area contributed by atoms with Gasteiger partial charge in [0.15, 0.2) is 0 Å². The zero-order valence-electron chi connectivity index (χ0n) is 18.1. The standard InChI is InChI=1S/C24H29N5O2/c1-17-9-8-14-29-21(17)27-22(28-12-6-3-7-13-28)20(24(29)31)15-18(16-25)23(30)26-19-10-4-2-5-11-19/h8-9,14-15,19H,2-7,10-13H2,1H3,(H,26,30). The number of hydrogen-bond donors (Lipinski definition) is 1. The summed E-state index contributed by atoms with van der Waals surface area (Å²) < 4.78 is 1.50. The van der Waals surface area contributed by atoms with Crippen LogP contribution in [0.2, 0.25) is 0 Å². The van der Waals surface area contributed by atoms with E-state index in [1.165, 1.54) is 16.9 Å². The second-order valence-electron chi connectivity index (χ2n) is 8.56. The van der Waals surface area contributed by atoms with Crippen LogP contribution in [0.1, 0.15) is 62.5 Å². The molecule has 1 saturated heterocycles. The Bertz CT molecular complexity index is 1100. The summed E-state index contributed by atoms with van der Waals surface area (Å²) in [6, 6.07) is 5.84. The quantitative estimate of drug-likeness (QED) is 0.606. The van der Waals surface area contributed by atoms with E-state index in [1.807, 2.05) is 19.1 Å². The molecule has 0 unspecified atom stereocenters. The minimum Gasteiger partial charge on any atom is -0.356 e. The van der Waals surface area contributed by atoms with E-state index >= 15 is 0 Å². The van der Waals surface area contributed by atoms with E-state index in [1.54, 1.807) is 12.3 Å². The van der Waals surface area contributed by atoms with Gasteiger partial charge in [0.2, 0.25) is 0 Å². The Hall–Kier alpha value is -3.14. The van der Waals surface area contributed by atoms with Crippen LogP contribution in [-0.2, 0) is 4.79 Å². The number of hydrogen-bond acceptors (Lipinski definition) is 5. The molecule has 0 bridgehead atoms. The van der Waals surface area contributed by atoms with E-state index in [0.717, 1.165) is 63.6 Å². The molecule has 1 aliphatic heterocycles. The molecule has 1 aliphatic carbocycles. The average Bonchev–Trinajstić information content (AvgIpc) is 2.80. The molecule has 2 aliphatic rings. The van der Waals surface area contributed by atoms with Crippen LogP contribution >= 0.6 is 0 Å². The lowest BCUT2D eigenvalue weighted by atomic mass is 9.95. The summed E-state index contributed by atoms with van der Waals surface area (Å²) in [5, 5.41) is 12.7. The van der Waals surface area contributed by atoms with Crippen LogP contribution in [-0.4, -0.2) is 34.4 Å². The van der Waals surface area contributed by atoms with E-state index in [2.05, 4.69) is 10.2 Å². The zero-order valence-corrected chi connectivity index (χ0v) is 18.1. The molecular weight excluding hydrogens is 390 g/mol. The Balaban J connectivity index is 1.78. The SMILES string of the molecule is Cc1cccn2c(=O)c(C=C(C#N)C(=O)NC3CCCCC3)c(N3CCCCC3)nc12. The number of aryl methyl sites for hydroxylation is 1. The Labute approximate surface area is 182 Å². The van der Waals surface area contributed by atoms with Gasteiger partial charge < -0.3 is 10.2 Å². The first-order chi connectivity index (χ1) is 15.1. The van der Waals surface area contributed by atoms with Crippen molar-refractivity contribution in [2.45, 2.75) is 64.3 Å². The summed E-state index contributed by atoms with van der Waals surface area (Å²) in [5.74, 6) is 0.157. The number of pyridine rings is 1. The van der Waals surface area contributed by atoms with E-state index in [-0.39, 0.29) is 17.2 Å². The molecule has 2 aromatic rings. The third kappa shape index (κ3) is 4.48. The highest BCUT2D eigenvalue weighted by Gasteiger charge is 2.23. The predicted molar refractivity (Wildman–Crippen MR) is 121 cm³/mol. The first-order valence-electron chi connectivity index (χ1n) is 11.3. The highest BCUT2D eigenvalue weighted by atomic mass is 16.2. The number of amides is 1. The fraction of sp³-hybridized carbons (Fsp3) is 0.500. The summed E-state index contributed by atoms with van der Waals surface area (Å²) >= 11 is 0. The molecule has 1 saturated carbocycles. The van der Waals surface area contributed by atoms with Gasteiger partial charge >= 0.3 is 0 Å². The second kappa shape index (κ2) is 9.34. The molecule has 4 rings (SSSR count). The molecule has 1 amide bonds. The molecule has 31 heavy (non-hydrogen) atoms. The molecule has 0 radical (unpaired) electrons. The monoisotopic (exact) mass is 419 g/mol. The number of carbonyl (C=O) groups is 1. The van der Waals surface area contributed by atoms with Gasteiger partial charge in [-0.1, -0.05) is 25.3 Å². The van der Waals surface area contributed by atoms with Crippen molar-refractivity contribution in [1.29, 1.82) is 5.26 Å². The molecular formula is C24H29N5O2. The summed E-state index contributed by atoms with van der Waals surface area (Å²) in [4.78, 5) is 33.2. The van der Waals surface area contributed by atoms with Crippen LogP contribution < -0.4 is 15.8 Å². The maximum absolute atomic E-state index is 13.4. The molecule has 0 aromatic carbocycles. The van der Waals surface area contributed by atoms with Gasteiger partial charge in [-0.15, -0.1) is 0 Å². The van der Waals surface area contributed by atoms with Crippen LogP contribution in [0.4, 0.5) is 5.82 Å². The number of nitriles is 1. The van der Waals surface area contributed by atoms with E-state index in [0.29, 0.717) is 17.0 Å². The summed E-state index contributed by atoms with van der Waals surface area (Å²) in [5.41, 5.74) is 1.52. The van der Waals surface area contributed by atoms with Crippen LogP contribution in [0.5, 0.6) is 0 Å². The smallest absolute Gasteiger partial charge is 0.267 e. The van der Waals surface area contributed by atoms with Crippen molar-refractivity contribution >= 4 is 23.4 Å². The maximum atomic E-state index is 13.4. The average molecular weight is 420 g/mol. The van der Waals surface area contributed by atoms with Gasteiger partial charge in [0.25, 0.3) is 11.5 Å². The molecule has 2 fully saturated rings. The predicted octanol–water partition coefficient (Wildman–Crippen LogP) is 3.35. The fourth-order valence-corrected chi connectivity index (χ4v) is 4.58. The van der Waals surface area contributed by atoms with Crippen LogP contribution in [0.15, 0.2) is 28.7 Å². The highest BCUT2D eigenvalue weighted by molar-refractivity contribution is 6.02. The summed E-state index contributed by atoms with van der Waals surface area (Å²) in [7, 11) is 0. The van der Waals surface area contributed by atoms with E-state index in [4.69, 9.17) is 4.98 Å². The molecule has 1 N–H and O–H groups in total. The zero-order chi connectivity index (χ0) is 21.8. The number of rotatable bonds is 4. The lowest BCUT2D eigenvalue weighted by Gasteiger charge is -2.29. The topological polar surface area (TPSA) is 90.5 Å². The normalized spacial score (nSPS) is 18.1. The number of nitrogens with one attached hydrogen (secondary N) is 1. The van der Waals surface area contributed by atoms with Crippen molar-refractivity contribution in [2.24, 2.45) is 0 Å². The summed E-state index contributed by atoms with van der Waals surface area (Å²) in [6.07, 6.45) is 11.6. The number of nitrogens with zero attached hydrogens (tertiary/aromatic N) is 4. The Morgan fingerprint density at radius 3 is 2.61 bits per heavy atom. The number of aromatic nitrogens is 2. The van der Waals surface area contributed by atoms with Crippen molar-refractivity contribution in [1.82, 2.24) is 14.7 Å². The van der Waals surface area contributed by atoms with Crippen LogP contribution in [0.3, 0.4) is 0 Å². The van der Waals surface area contributed by atoms with Crippen molar-refractivity contribution in [3.05, 3.63) is 45.4 Å². The number of piperidine rings is 1. The third-order valence-corrected chi connectivity index (χ3v) is 6.31. The first-order valence-corrected chi connectivity index (χ1v) is 11.3. The largest absolute Gasteiger partial charge is 0.356 e. The van der Waals surface area contributed by atoms with Crippen molar-refractivity contribution < 1.29 is 4.79 Å². The Morgan fingerprint density at radius 1 is 1.19 bits per heavy atom. The number of fused-ring (bicyclic) bond motifs is 1. The Kier molecular flexibility index (Phi) is 6.36. The first kappa shape index (κ1) is 21.1. The molecule has 162 valence electrons. The van der Waals surface area contributed by atoms with Gasteiger partial charge in [0, 0.05) is 25.3 Å². The maximum Gasteiger partial charge on any atom is 0.267 e. The van der Waals surface area contributed by atoms with Crippen molar-refractivity contribution in [3.63, 3.8) is 0 Å². The van der Waals surface area contributed by atoms with Crippen LogP contribution in [0, 0.1) is 18.3 Å². The van der Waals surface area contributed by atoms with Gasteiger partial charge in [-0.2, -0.15) is 5.26 Å². The fourth-order valence-electron chi connectivity index (χ4n) is 4.58. The molecule has 7 nitrogen and oxygen atoms in total. The van der Waals surface area contributed by atoms with Crippen molar-refractivity contribution in [2.75, 3.05) is 18.0 Å². The number of carbonyl (C=O) groups excluding carboxylic acids is 1. The third-order valence-electron chi connectivity index (χ3n) is 6.31. The summed E-state index contributed by atoms with van der Waals surface area (Å²) in [6.45, 7) is 3.55. The molecule has 0 spiro atoms. The molecule has 0 atom stereocenters. The molecule has 7 heteroatoms. The van der Waals surface area contributed by atoms with Gasteiger partial charge in [-0.05, 0) is 56.7 Å². The highest BCUT2D eigenvalue weighted by Crippen LogP contribution is 2.24. The molecule has 2 aromatic heterocycles. The van der Waals surface area contributed by atoms with Crippen molar-refractivity contribution in [3.8, 4) is 6.07 Å². The second-order valence-corrected chi connectivity index (χ2v) is 8.56. The van der Waals surface area contributed by atoms with E-state index < -0.39 is 5.91 Å². The number of anilines is 1. The molecule has 3 heterocycles. The Morgan fingerprint density at radius 2 is 1.90 bits per heavy atom. The van der Waals surface area contributed by atoms with Gasteiger partial charge in [0.1, 0.15) is 23.1 Å². The van der Waals surface area contributed by atoms with Gasteiger partial charge in [0.05, 0.1) is 5.56 Å². The lowest BCUT2D eigenvalue weighted by Crippen LogP contribution is -2.37. The van der Waals surface area contributed by atoms with Crippen LogP contribution in [0.25, 0.3) is 11.7 Å². The van der Waals surface area contributed by atoms with E-state index in [9.17, 15) is 14.9 Å². The van der Waals surface area contributed by atoms with Gasteiger partial charge in [-0.25, -0.2) is 4.98 Å². The minimum absolute atomic E-state index is 0.0460. The lowest BCUT2D eigenvalue weighted by molar-refractivity contribution is -0.117. The van der Waals surface area contributed by atoms with Gasteiger partial charge in [-0.3, -0.25) is 14.0 Å².